The van der Waals surface area contributed by atoms with Gasteiger partial charge in [0, 0.05) is 18.4 Å². The van der Waals surface area contributed by atoms with Gasteiger partial charge < -0.3 is 14.6 Å². The summed E-state index contributed by atoms with van der Waals surface area (Å²) in [4.78, 5) is 23.0. The summed E-state index contributed by atoms with van der Waals surface area (Å²) >= 11 is 0. The molecular formula is C17H22O5. The zero-order valence-electron chi connectivity index (χ0n) is 13.0. The van der Waals surface area contributed by atoms with Crippen molar-refractivity contribution in [2.75, 3.05) is 0 Å². The van der Waals surface area contributed by atoms with Gasteiger partial charge in [-0.05, 0) is 36.2 Å². The van der Waals surface area contributed by atoms with Crippen LogP contribution in [0.2, 0.25) is 0 Å². The van der Waals surface area contributed by atoms with E-state index in [1.807, 2.05) is 0 Å². The topological polar surface area (TPSA) is 72.8 Å². The molecule has 3 aliphatic rings. The third-order valence-corrected chi connectivity index (χ3v) is 5.58. The summed E-state index contributed by atoms with van der Waals surface area (Å²) in [5.74, 6) is -0.658. The fraction of sp³-hybridized carbons (Fsp3) is 0.647. The molecule has 3 fully saturated rings. The van der Waals surface area contributed by atoms with E-state index in [4.69, 9.17) is 9.47 Å². The van der Waals surface area contributed by atoms with E-state index in [0.29, 0.717) is 30.4 Å². The number of hydrogen-bond acceptors (Lipinski definition) is 5. The molecule has 0 aromatic heterocycles. The maximum Gasteiger partial charge on any atom is 0.334 e. The van der Waals surface area contributed by atoms with Crippen LogP contribution in [0.4, 0.5) is 0 Å². The van der Waals surface area contributed by atoms with Crippen LogP contribution in [0.3, 0.4) is 0 Å². The van der Waals surface area contributed by atoms with Gasteiger partial charge in [0.1, 0.15) is 18.3 Å². The third kappa shape index (κ3) is 2.19. The van der Waals surface area contributed by atoms with Crippen molar-refractivity contribution in [3.63, 3.8) is 0 Å². The Balaban J connectivity index is 1.88. The molecule has 0 spiro atoms. The zero-order chi connectivity index (χ0) is 16.2. The maximum atomic E-state index is 11.7. The lowest BCUT2D eigenvalue weighted by Crippen LogP contribution is -2.52. The first-order chi connectivity index (χ1) is 10.2. The van der Waals surface area contributed by atoms with Crippen LogP contribution >= 0.6 is 0 Å². The number of rotatable bonds is 1. The van der Waals surface area contributed by atoms with Gasteiger partial charge in [-0.15, -0.1) is 0 Å². The van der Waals surface area contributed by atoms with Crippen LogP contribution in [0.1, 0.15) is 33.1 Å². The molecule has 0 aromatic carbocycles. The van der Waals surface area contributed by atoms with E-state index in [0.717, 1.165) is 0 Å². The Kier molecular flexibility index (Phi) is 3.44. The summed E-state index contributed by atoms with van der Waals surface area (Å²) in [6.45, 7) is 11.3. The fourth-order valence-electron chi connectivity index (χ4n) is 4.45. The van der Waals surface area contributed by atoms with Gasteiger partial charge in [0.15, 0.2) is 0 Å². The Morgan fingerprint density at radius 2 is 2.09 bits per heavy atom. The minimum atomic E-state index is -0.857. The molecule has 0 aromatic rings. The molecule has 5 heteroatoms. The molecule has 0 amide bonds. The van der Waals surface area contributed by atoms with Crippen LogP contribution in [0.5, 0.6) is 0 Å². The molecule has 120 valence electrons. The van der Waals surface area contributed by atoms with Crippen molar-refractivity contribution in [1.82, 2.24) is 0 Å². The van der Waals surface area contributed by atoms with Gasteiger partial charge in [0.05, 0.1) is 0 Å². The number of fused-ring (bicyclic) bond motifs is 2. The summed E-state index contributed by atoms with van der Waals surface area (Å²) in [7, 11) is 0. The molecule has 2 aliphatic carbocycles. The average molecular weight is 306 g/mol. The first kappa shape index (κ1) is 15.3. The van der Waals surface area contributed by atoms with Gasteiger partial charge in [-0.25, -0.2) is 4.79 Å². The molecule has 0 unspecified atom stereocenters. The molecule has 5 nitrogen and oxygen atoms in total. The molecule has 2 saturated carbocycles. The fourth-order valence-corrected chi connectivity index (χ4v) is 4.45. The molecular weight excluding hydrogens is 284 g/mol. The van der Waals surface area contributed by atoms with Crippen LogP contribution in [0, 0.1) is 17.3 Å². The molecule has 1 N–H and O–H groups in total. The van der Waals surface area contributed by atoms with E-state index in [-0.39, 0.29) is 29.3 Å². The summed E-state index contributed by atoms with van der Waals surface area (Å²) in [6.07, 6.45) is 0.325. The number of carbonyl (C=O) groups excluding carboxylic acids is 2. The number of hydrogen-bond donors (Lipinski definition) is 1. The monoisotopic (exact) mass is 306 g/mol. The van der Waals surface area contributed by atoms with Crippen molar-refractivity contribution < 1.29 is 24.2 Å². The second-order valence-corrected chi connectivity index (χ2v) is 7.09. The number of carbonyl (C=O) groups is 2. The molecule has 22 heavy (non-hydrogen) atoms. The lowest BCUT2D eigenvalue weighted by Gasteiger charge is -2.52. The highest BCUT2D eigenvalue weighted by molar-refractivity contribution is 5.90. The quantitative estimate of drug-likeness (QED) is 0.454. The van der Waals surface area contributed by atoms with Crippen molar-refractivity contribution >= 4 is 11.9 Å². The van der Waals surface area contributed by atoms with Crippen LogP contribution in [-0.4, -0.2) is 35.4 Å². The normalized spacial score (nSPS) is 44.1. The predicted molar refractivity (Wildman–Crippen MR) is 78.7 cm³/mol. The van der Waals surface area contributed by atoms with Crippen LogP contribution in [0.25, 0.3) is 0 Å². The highest BCUT2D eigenvalue weighted by Crippen LogP contribution is 2.57. The lowest BCUT2D eigenvalue weighted by molar-refractivity contribution is -0.161. The standard InChI is InChI=1S/C17H22O5/c1-8-11-5-12-9(2)15(19)14(21-10(3)18)7-17(12,4)6-13(11)22-16(8)20/h11-15,19H,1-2,5-7H2,3-4H3/t11-,12+,13-,14-,15-,17+/m1/s1. The first-order valence-corrected chi connectivity index (χ1v) is 7.66. The highest BCUT2D eigenvalue weighted by atomic mass is 16.6. The van der Waals surface area contributed by atoms with Crippen LogP contribution in [0.15, 0.2) is 24.3 Å². The zero-order valence-corrected chi connectivity index (χ0v) is 13.0. The number of esters is 2. The third-order valence-electron chi connectivity index (χ3n) is 5.58. The van der Waals surface area contributed by atoms with E-state index in [1.54, 1.807) is 0 Å². The van der Waals surface area contributed by atoms with E-state index in [9.17, 15) is 14.7 Å². The maximum absolute atomic E-state index is 11.7. The summed E-state index contributed by atoms with van der Waals surface area (Å²) in [6, 6.07) is 0. The van der Waals surface area contributed by atoms with E-state index < -0.39 is 18.2 Å². The highest BCUT2D eigenvalue weighted by Gasteiger charge is 2.56. The van der Waals surface area contributed by atoms with Crippen LogP contribution < -0.4 is 0 Å². The van der Waals surface area contributed by atoms with Gasteiger partial charge in [0.25, 0.3) is 0 Å². The van der Waals surface area contributed by atoms with E-state index >= 15 is 0 Å². The predicted octanol–water partition coefficient (Wildman–Crippen LogP) is 1.75. The molecule has 6 atom stereocenters. The SMILES string of the molecule is C=C1C(=O)O[C@@H]2C[C@@]3(C)C[C@@H](OC(C)=O)[C@H](O)C(=C)[C@@H]3C[C@H]12. The Hall–Kier alpha value is -1.62. The van der Waals surface area contributed by atoms with E-state index in [1.165, 1.54) is 6.92 Å². The average Bonchev–Trinajstić information content (AvgIpc) is 2.68. The molecule has 0 radical (unpaired) electrons. The number of ether oxygens (including phenoxy) is 2. The summed E-state index contributed by atoms with van der Waals surface area (Å²) in [5.41, 5.74) is 1.00. The van der Waals surface area contributed by atoms with Gasteiger partial charge in [-0.3, -0.25) is 4.79 Å². The van der Waals surface area contributed by atoms with Crippen molar-refractivity contribution in [1.29, 1.82) is 0 Å². The summed E-state index contributed by atoms with van der Waals surface area (Å²) in [5, 5.41) is 10.4. The second-order valence-electron chi connectivity index (χ2n) is 7.09. The minimum absolute atomic E-state index is 0.000185. The molecule has 1 aliphatic heterocycles. The smallest absolute Gasteiger partial charge is 0.334 e. The molecule has 0 bridgehead atoms. The molecule has 1 heterocycles. The van der Waals surface area contributed by atoms with Gasteiger partial charge in [0.2, 0.25) is 0 Å². The summed E-state index contributed by atoms with van der Waals surface area (Å²) < 4.78 is 10.7. The van der Waals surface area contributed by atoms with Gasteiger partial charge in [-0.1, -0.05) is 20.1 Å². The van der Waals surface area contributed by atoms with Crippen molar-refractivity contribution in [2.24, 2.45) is 17.3 Å². The van der Waals surface area contributed by atoms with Gasteiger partial charge >= 0.3 is 11.9 Å². The minimum Gasteiger partial charge on any atom is -0.459 e. The number of aliphatic hydroxyl groups excluding tert-OH is 1. The largest absolute Gasteiger partial charge is 0.459 e. The Morgan fingerprint density at radius 1 is 1.41 bits per heavy atom. The van der Waals surface area contributed by atoms with Crippen molar-refractivity contribution in [3.8, 4) is 0 Å². The molecule has 3 rings (SSSR count). The lowest BCUT2D eigenvalue weighted by atomic mass is 9.54. The van der Waals surface area contributed by atoms with Crippen molar-refractivity contribution in [2.45, 2.75) is 51.4 Å². The molecule has 1 saturated heterocycles. The number of aliphatic hydroxyl groups is 1. The van der Waals surface area contributed by atoms with Crippen LogP contribution in [-0.2, 0) is 19.1 Å². The first-order valence-electron chi connectivity index (χ1n) is 7.66. The van der Waals surface area contributed by atoms with Crippen molar-refractivity contribution in [3.05, 3.63) is 24.3 Å². The van der Waals surface area contributed by atoms with Gasteiger partial charge in [-0.2, -0.15) is 0 Å². The Morgan fingerprint density at radius 3 is 2.73 bits per heavy atom. The Bertz CT molecular complexity index is 565. The second kappa shape index (κ2) is 4.95. The van der Waals surface area contributed by atoms with E-state index in [2.05, 4.69) is 20.1 Å². The Labute approximate surface area is 130 Å².